The van der Waals surface area contributed by atoms with Crippen LogP contribution in [0.5, 0.6) is 5.75 Å². The molecule has 0 radical (unpaired) electrons. The first-order valence-electron chi connectivity index (χ1n) is 9.89. The van der Waals surface area contributed by atoms with E-state index in [9.17, 15) is 13.2 Å². The van der Waals surface area contributed by atoms with Crippen LogP contribution in [-0.2, 0) is 16.6 Å². The lowest BCUT2D eigenvalue weighted by Gasteiger charge is -2.09. The number of thiazole rings is 1. The molecule has 1 amide bonds. The molecule has 1 N–H and O–H groups in total. The molecular formula is C24H18ClN3O4S2. The first kappa shape index (κ1) is 23.6. The Labute approximate surface area is 205 Å². The molecule has 34 heavy (non-hydrogen) atoms. The number of nitrogens with one attached hydrogen (secondary N) is 1. The first-order valence-corrected chi connectivity index (χ1v) is 12.6. The molecule has 0 aliphatic carbocycles. The van der Waals surface area contributed by atoms with E-state index in [1.165, 1.54) is 41.7 Å². The maximum Gasteiger partial charge on any atom is 0.279 e. The Kier molecular flexibility index (Phi) is 6.75. The van der Waals surface area contributed by atoms with Gasteiger partial charge in [-0.3, -0.25) is 9.52 Å². The summed E-state index contributed by atoms with van der Waals surface area (Å²) in [6, 6.07) is 17.4. The van der Waals surface area contributed by atoms with E-state index in [2.05, 4.69) is 15.6 Å². The van der Waals surface area contributed by atoms with Crippen LogP contribution in [0.4, 0.5) is 5.69 Å². The van der Waals surface area contributed by atoms with Gasteiger partial charge in [0, 0.05) is 16.3 Å². The Bertz CT molecular complexity index is 1600. The van der Waals surface area contributed by atoms with Crippen LogP contribution < -0.4 is 14.3 Å². The summed E-state index contributed by atoms with van der Waals surface area (Å²) in [4.78, 5) is 17.7. The van der Waals surface area contributed by atoms with Gasteiger partial charge in [0.25, 0.3) is 15.9 Å². The number of nitrogens with zero attached hydrogens (tertiary/aromatic N) is 2. The van der Waals surface area contributed by atoms with Crippen molar-refractivity contribution in [1.29, 1.82) is 0 Å². The Balaban J connectivity index is 1.67. The number of fused-ring (bicyclic) bond motifs is 1. The third-order valence-electron chi connectivity index (χ3n) is 4.82. The number of ether oxygens (including phenoxy) is 1. The molecule has 4 aromatic rings. The van der Waals surface area contributed by atoms with E-state index >= 15 is 0 Å². The average molecular weight is 512 g/mol. The number of amides is 1. The minimum Gasteiger partial charge on any atom is -0.497 e. The third kappa shape index (κ3) is 4.99. The van der Waals surface area contributed by atoms with Crippen molar-refractivity contribution < 1.29 is 17.9 Å². The zero-order valence-corrected chi connectivity index (χ0v) is 20.2. The number of rotatable bonds is 6. The number of carbonyl (C=O) groups excluding carboxylic acids is 1. The van der Waals surface area contributed by atoms with E-state index in [0.717, 1.165) is 10.2 Å². The smallest absolute Gasteiger partial charge is 0.279 e. The highest BCUT2D eigenvalue weighted by Gasteiger charge is 2.15. The number of halogens is 1. The molecule has 0 bridgehead atoms. The van der Waals surface area contributed by atoms with Crippen LogP contribution in [0.15, 0.2) is 76.6 Å². The predicted molar refractivity (Wildman–Crippen MR) is 134 cm³/mol. The van der Waals surface area contributed by atoms with Gasteiger partial charge in [-0.1, -0.05) is 34.9 Å². The number of carbonyl (C=O) groups is 1. The van der Waals surface area contributed by atoms with Gasteiger partial charge in [-0.25, -0.2) is 8.42 Å². The Morgan fingerprint density at radius 2 is 1.94 bits per heavy atom. The minimum atomic E-state index is -3.86. The zero-order valence-electron chi connectivity index (χ0n) is 17.9. The van der Waals surface area contributed by atoms with Crippen molar-refractivity contribution in [2.75, 3.05) is 11.8 Å². The predicted octanol–water partition coefficient (Wildman–Crippen LogP) is 4.54. The number of anilines is 1. The molecule has 7 nitrogen and oxygen atoms in total. The van der Waals surface area contributed by atoms with E-state index in [4.69, 9.17) is 22.8 Å². The number of benzene rings is 3. The summed E-state index contributed by atoms with van der Waals surface area (Å²) >= 11 is 7.14. The van der Waals surface area contributed by atoms with Crippen LogP contribution in [0.1, 0.15) is 10.4 Å². The van der Waals surface area contributed by atoms with E-state index in [1.807, 2.05) is 18.2 Å². The van der Waals surface area contributed by atoms with Gasteiger partial charge in [0.1, 0.15) is 5.75 Å². The fourth-order valence-corrected chi connectivity index (χ4v) is 5.44. The van der Waals surface area contributed by atoms with Gasteiger partial charge in [-0.05, 0) is 60.7 Å². The van der Waals surface area contributed by atoms with Crippen LogP contribution in [-0.4, -0.2) is 26.0 Å². The quantitative estimate of drug-likeness (QED) is 0.385. The second kappa shape index (κ2) is 9.73. The lowest BCUT2D eigenvalue weighted by molar-refractivity contribution is 0.0998. The highest BCUT2D eigenvalue weighted by atomic mass is 35.5. The normalized spacial score (nSPS) is 11.9. The molecule has 3 aromatic carbocycles. The van der Waals surface area contributed by atoms with E-state index in [-0.39, 0.29) is 22.7 Å². The SMILES string of the molecule is C#CCn1c(=NC(=O)c2cccc(NS(=O)(=O)c3ccc(Cl)cc3)c2)sc2cc(OC)ccc21. The van der Waals surface area contributed by atoms with Crippen molar-refractivity contribution in [3.05, 3.63) is 82.1 Å². The Morgan fingerprint density at radius 3 is 2.65 bits per heavy atom. The maximum absolute atomic E-state index is 13.0. The molecule has 0 fully saturated rings. The van der Waals surface area contributed by atoms with Gasteiger partial charge >= 0.3 is 0 Å². The van der Waals surface area contributed by atoms with Crippen LogP contribution in [0.3, 0.4) is 0 Å². The number of methoxy groups -OCH3 is 1. The lowest BCUT2D eigenvalue weighted by Crippen LogP contribution is -2.17. The van der Waals surface area contributed by atoms with Crippen molar-refractivity contribution in [3.63, 3.8) is 0 Å². The van der Waals surface area contributed by atoms with Crippen LogP contribution in [0, 0.1) is 12.3 Å². The second-order valence-corrected chi connectivity index (χ2v) is 10.2. The standard InChI is InChI=1S/C24H18ClN3O4S2/c1-3-13-28-21-12-9-19(32-2)15-22(21)33-24(28)26-23(29)16-5-4-6-18(14-16)27-34(30,31)20-10-7-17(25)8-11-20/h1,4-12,14-15,27H,13H2,2H3. The molecule has 0 spiro atoms. The van der Waals surface area contributed by atoms with Crippen molar-refractivity contribution in [1.82, 2.24) is 4.57 Å². The van der Waals surface area contributed by atoms with Crippen LogP contribution in [0.25, 0.3) is 10.2 Å². The van der Waals surface area contributed by atoms with Crippen molar-refractivity contribution in [3.8, 4) is 18.1 Å². The second-order valence-electron chi connectivity index (χ2n) is 7.07. The lowest BCUT2D eigenvalue weighted by atomic mass is 10.2. The highest BCUT2D eigenvalue weighted by molar-refractivity contribution is 7.92. The summed E-state index contributed by atoms with van der Waals surface area (Å²) in [7, 11) is -2.28. The van der Waals surface area contributed by atoms with Gasteiger partial charge in [-0.2, -0.15) is 4.99 Å². The third-order valence-corrected chi connectivity index (χ3v) is 7.51. The summed E-state index contributed by atoms with van der Waals surface area (Å²) in [6.45, 7) is 0.235. The van der Waals surface area contributed by atoms with Gasteiger partial charge in [0.2, 0.25) is 0 Å². The fourth-order valence-electron chi connectivity index (χ4n) is 3.20. The summed E-state index contributed by atoms with van der Waals surface area (Å²) < 4.78 is 35.7. The molecule has 0 aliphatic rings. The molecule has 0 atom stereocenters. The fraction of sp³-hybridized carbons (Fsp3) is 0.0833. The average Bonchev–Trinajstić information content (AvgIpc) is 3.15. The maximum atomic E-state index is 13.0. The number of hydrogen-bond donors (Lipinski definition) is 1. The molecule has 1 heterocycles. The van der Waals surface area contributed by atoms with E-state index in [0.29, 0.717) is 15.6 Å². The number of terminal acetylenes is 1. The number of sulfonamides is 1. The molecule has 0 saturated heterocycles. The monoisotopic (exact) mass is 511 g/mol. The molecule has 1 aromatic heterocycles. The first-order chi connectivity index (χ1) is 16.3. The molecule has 0 saturated carbocycles. The molecule has 0 aliphatic heterocycles. The van der Waals surface area contributed by atoms with Gasteiger partial charge in [-0.15, -0.1) is 6.42 Å². The topological polar surface area (TPSA) is 89.8 Å². The van der Waals surface area contributed by atoms with Gasteiger partial charge < -0.3 is 9.30 Å². The van der Waals surface area contributed by atoms with E-state index < -0.39 is 15.9 Å². The van der Waals surface area contributed by atoms with Crippen LogP contribution >= 0.6 is 22.9 Å². The van der Waals surface area contributed by atoms with Gasteiger partial charge in [0.05, 0.1) is 28.8 Å². The molecule has 4 rings (SSSR count). The molecule has 172 valence electrons. The zero-order chi connectivity index (χ0) is 24.3. The van der Waals surface area contributed by atoms with Crippen molar-refractivity contribution in [2.45, 2.75) is 11.4 Å². The largest absolute Gasteiger partial charge is 0.497 e. The minimum absolute atomic E-state index is 0.0503. The van der Waals surface area contributed by atoms with Crippen molar-refractivity contribution >= 4 is 54.8 Å². The summed E-state index contributed by atoms with van der Waals surface area (Å²) in [5.74, 6) is 2.73. The Hall–Kier alpha value is -3.58. The summed E-state index contributed by atoms with van der Waals surface area (Å²) in [6.07, 6.45) is 5.52. The number of hydrogen-bond acceptors (Lipinski definition) is 5. The van der Waals surface area contributed by atoms with E-state index in [1.54, 1.807) is 29.9 Å². The van der Waals surface area contributed by atoms with Gasteiger partial charge in [0.15, 0.2) is 4.80 Å². The highest BCUT2D eigenvalue weighted by Crippen LogP contribution is 2.24. The Morgan fingerprint density at radius 1 is 1.18 bits per heavy atom. The molecule has 10 heteroatoms. The van der Waals surface area contributed by atoms with Crippen LogP contribution in [0.2, 0.25) is 5.02 Å². The summed E-state index contributed by atoms with van der Waals surface area (Å²) in [5, 5.41) is 0.426. The number of aromatic nitrogens is 1. The molecular weight excluding hydrogens is 494 g/mol. The molecule has 0 unspecified atom stereocenters. The van der Waals surface area contributed by atoms with Crippen molar-refractivity contribution in [2.24, 2.45) is 4.99 Å². The summed E-state index contributed by atoms with van der Waals surface area (Å²) in [5.41, 5.74) is 1.28.